The molecule has 3 rings (SSSR count). The molecule has 6 nitrogen and oxygen atoms in total. The zero-order valence-corrected chi connectivity index (χ0v) is 14.9. The number of para-hydroxylation sites is 1. The van der Waals surface area contributed by atoms with E-state index in [0.29, 0.717) is 17.3 Å². The minimum Gasteiger partial charge on any atom is -0.465 e. The van der Waals surface area contributed by atoms with Crippen LogP contribution in [0.15, 0.2) is 65.3 Å². The van der Waals surface area contributed by atoms with Crippen molar-refractivity contribution in [2.24, 2.45) is 0 Å². The first-order valence-corrected chi connectivity index (χ1v) is 8.25. The summed E-state index contributed by atoms with van der Waals surface area (Å²) in [6.45, 7) is 0. The van der Waals surface area contributed by atoms with E-state index in [1.54, 1.807) is 36.5 Å². The van der Waals surface area contributed by atoms with Gasteiger partial charge < -0.3 is 15.4 Å². The van der Waals surface area contributed by atoms with Crippen molar-refractivity contribution in [3.63, 3.8) is 0 Å². The quantitative estimate of drug-likeness (QED) is 0.615. The highest BCUT2D eigenvalue weighted by molar-refractivity contribution is 9.10. The van der Waals surface area contributed by atoms with Crippen molar-refractivity contribution in [2.75, 3.05) is 17.7 Å². The molecule has 2 aromatic carbocycles. The number of hydrogen-bond acceptors (Lipinski definition) is 6. The molecule has 1 aromatic heterocycles. The number of carbonyl (C=O) groups is 1. The topological polar surface area (TPSA) is 76.1 Å². The van der Waals surface area contributed by atoms with Gasteiger partial charge in [-0.05, 0) is 58.4 Å². The van der Waals surface area contributed by atoms with Crippen LogP contribution in [-0.4, -0.2) is 23.0 Å². The van der Waals surface area contributed by atoms with Crippen LogP contribution in [0.3, 0.4) is 0 Å². The average molecular weight is 399 g/mol. The Hall–Kier alpha value is -2.93. The first-order valence-electron chi connectivity index (χ1n) is 7.46. The van der Waals surface area contributed by atoms with Crippen LogP contribution >= 0.6 is 15.9 Å². The van der Waals surface area contributed by atoms with Gasteiger partial charge >= 0.3 is 5.97 Å². The van der Waals surface area contributed by atoms with E-state index in [1.165, 1.54) is 7.11 Å². The Balaban J connectivity index is 1.73. The lowest BCUT2D eigenvalue weighted by molar-refractivity contribution is 0.0601. The van der Waals surface area contributed by atoms with Gasteiger partial charge in [0.15, 0.2) is 0 Å². The first kappa shape index (κ1) is 16.9. The fourth-order valence-corrected chi connectivity index (χ4v) is 2.51. The van der Waals surface area contributed by atoms with E-state index in [-0.39, 0.29) is 5.97 Å². The molecule has 2 N–H and O–H groups in total. The number of nitrogens with one attached hydrogen (secondary N) is 2. The molecular weight excluding hydrogens is 384 g/mol. The predicted octanol–water partition coefficient (Wildman–Crippen LogP) is 4.51. The van der Waals surface area contributed by atoms with Crippen LogP contribution in [0.2, 0.25) is 0 Å². The molecule has 1 heterocycles. The summed E-state index contributed by atoms with van der Waals surface area (Å²) < 4.78 is 5.61. The van der Waals surface area contributed by atoms with E-state index in [2.05, 4.69) is 41.3 Å². The van der Waals surface area contributed by atoms with E-state index in [0.717, 1.165) is 15.8 Å². The van der Waals surface area contributed by atoms with Gasteiger partial charge in [0, 0.05) is 16.4 Å². The molecule has 3 aromatic rings. The van der Waals surface area contributed by atoms with E-state index < -0.39 is 0 Å². The molecule has 0 radical (unpaired) electrons. The lowest BCUT2D eigenvalue weighted by Gasteiger charge is -2.09. The number of methoxy groups -OCH3 is 1. The first-order chi connectivity index (χ1) is 12.2. The SMILES string of the molecule is COC(=O)c1ccc(Nc2ccnc(Nc3ccccc3Br)n2)cc1. The third-order valence-corrected chi connectivity index (χ3v) is 4.05. The molecule has 0 amide bonds. The summed E-state index contributed by atoms with van der Waals surface area (Å²) in [5.41, 5.74) is 2.17. The van der Waals surface area contributed by atoms with Crippen molar-refractivity contribution in [3.05, 3.63) is 70.8 Å². The number of aromatic nitrogens is 2. The highest BCUT2D eigenvalue weighted by Crippen LogP contribution is 2.24. The minimum absolute atomic E-state index is 0.367. The summed E-state index contributed by atoms with van der Waals surface area (Å²) in [5.74, 6) is 0.743. The lowest BCUT2D eigenvalue weighted by Crippen LogP contribution is -2.02. The maximum Gasteiger partial charge on any atom is 0.337 e. The number of esters is 1. The molecule has 126 valence electrons. The van der Waals surface area contributed by atoms with Gasteiger partial charge in [-0.15, -0.1) is 0 Å². The van der Waals surface area contributed by atoms with Crippen LogP contribution < -0.4 is 10.6 Å². The Morgan fingerprint density at radius 2 is 1.80 bits per heavy atom. The molecule has 0 saturated heterocycles. The van der Waals surface area contributed by atoms with Crippen molar-refractivity contribution >= 4 is 45.0 Å². The van der Waals surface area contributed by atoms with E-state index in [1.807, 2.05) is 24.3 Å². The highest BCUT2D eigenvalue weighted by Gasteiger charge is 2.06. The van der Waals surface area contributed by atoms with Gasteiger partial charge in [0.1, 0.15) is 5.82 Å². The van der Waals surface area contributed by atoms with Crippen LogP contribution in [-0.2, 0) is 4.74 Å². The second kappa shape index (κ2) is 7.76. The molecule has 7 heteroatoms. The van der Waals surface area contributed by atoms with E-state index >= 15 is 0 Å². The number of anilines is 4. The normalized spacial score (nSPS) is 10.2. The Morgan fingerprint density at radius 3 is 2.52 bits per heavy atom. The number of carbonyl (C=O) groups excluding carboxylic acids is 1. The number of rotatable bonds is 5. The third kappa shape index (κ3) is 4.33. The minimum atomic E-state index is -0.367. The number of nitrogens with zero attached hydrogens (tertiary/aromatic N) is 2. The monoisotopic (exact) mass is 398 g/mol. The van der Waals surface area contributed by atoms with Crippen molar-refractivity contribution in [3.8, 4) is 0 Å². The van der Waals surface area contributed by atoms with Crippen LogP contribution in [0.5, 0.6) is 0 Å². The van der Waals surface area contributed by atoms with Crippen molar-refractivity contribution in [2.45, 2.75) is 0 Å². The molecule has 25 heavy (non-hydrogen) atoms. The highest BCUT2D eigenvalue weighted by atomic mass is 79.9. The number of hydrogen-bond donors (Lipinski definition) is 2. The molecule has 0 fully saturated rings. The summed E-state index contributed by atoms with van der Waals surface area (Å²) in [6, 6.07) is 16.5. The molecule has 0 saturated carbocycles. The Morgan fingerprint density at radius 1 is 1.04 bits per heavy atom. The molecule has 0 aliphatic carbocycles. The van der Waals surface area contributed by atoms with Crippen LogP contribution in [0.25, 0.3) is 0 Å². The summed E-state index contributed by atoms with van der Waals surface area (Å²) >= 11 is 3.48. The van der Waals surface area contributed by atoms with Crippen LogP contribution in [0.1, 0.15) is 10.4 Å². The predicted molar refractivity (Wildman–Crippen MR) is 101 cm³/mol. The Kier molecular flexibility index (Phi) is 5.25. The van der Waals surface area contributed by atoms with Crippen molar-refractivity contribution in [1.29, 1.82) is 0 Å². The molecular formula is C18H15BrN4O2. The number of ether oxygens (including phenoxy) is 1. The van der Waals surface area contributed by atoms with Gasteiger partial charge in [0.05, 0.1) is 18.4 Å². The van der Waals surface area contributed by atoms with Gasteiger partial charge in [-0.3, -0.25) is 0 Å². The summed E-state index contributed by atoms with van der Waals surface area (Å²) in [7, 11) is 1.36. The Labute approximate surface area is 153 Å². The molecule has 0 atom stereocenters. The maximum absolute atomic E-state index is 11.5. The smallest absolute Gasteiger partial charge is 0.337 e. The fourth-order valence-electron chi connectivity index (χ4n) is 2.13. The molecule has 0 unspecified atom stereocenters. The van der Waals surface area contributed by atoms with E-state index in [9.17, 15) is 4.79 Å². The zero-order valence-electron chi connectivity index (χ0n) is 13.4. The molecule has 0 spiro atoms. The van der Waals surface area contributed by atoms with Gasteiger partial charge in [-0.2, -0.15) is 4.98 Å². The Bertz CT molecular complexity index is 884. The number of halogens is 1. The average Bonchev–Trinajstić information content (AvgIpc) is 2.64. The van der Waals surface area contributed by atoms with Crippen LogP contribution in [0, 0.1) is 0 Å². The second-order valence-electron chi connectivity index (χ2n) is 5.06. The van der Waals surface area contributed by atoms with Gasteiger partial charge in [0.2, 0.25) is 5.95 Å². The summed E-state index contributed by atoms with van der Waals surface area (Å²) in [5, 5.41) is 6.33. The van der Waals surface area contributed by atoms with Crippen molar-refractivity contribution < 1.29 is 9.53 Å². The number of benzene rings is 2. The summed E-state index contributed by atoms with van der Waals surface area (Å²) in [6.07, 6.45) is 1.66. The third-order valence-electron chi connectivity index (χ3n) is 3.35. The summed E-state index contributed by atoms with van der Waals surface area (Å²) in [4.78, 5) is 20.1. The fraction of sp³-hybridized carbons (Fsp3) is 0.0556. The second-order valence-corrected chi connectivity index (χ2v) is 5.92. The lowest BCUT2D eigenvalue weighted by atomic mass is 10.2. The van der Waals surface area contributed by atoms with Crippen molar-refractivity contribution in [1.82, 2.24) is 9.97 Å². The van der Waals surface area contributed by atoms with E-state index in [4.69, 9.17) is 0 Å². The zero-order chi connectivity index (χ0) is 17.6. The van der Waals surface area contributed by atoms with Gasteiger partial charge in [-0.1, -0.05) is 12.1 Å². The van der Waals surface area contributed by atoms with Crippen LogP contribution in [0.4, 0.5) is 23.1 Å². The standard InChI is InChI=1S/C18H15BrN4O2/c1-25-17(24)12-6-8-13(9-7-12)21-16-10-11-20-18(23-16)22-15-5-3-2-4-14(15)19/h2-11H,1H3,(H2,20,21,22,23). The maximum atomic E-state index is 11.5. The molecule has 0 bridgehead atoms. The van der Waals surface area contributed by atoms with Gasteiger partial charge in [-0.25, -0.2) is 9.78 Å². The van der Waals surface area contributed by atoms with Gasteiger partial charge in [0.25, 0.3) is 0 Å². The largest absolute Gasteiger partial charge is 0.465 e. The molecule has 0 aliphatic rings. The molecule has 0 aliphatic heterocycles.